The molecule has 0 aliphatic heterocycles. The van der Waals surface area contributed by atoms with Crippen molar-refractivity contribution in [3.63, 3.8) is 0 Å². The minimum Gasteiger partial charge on any atom is -0.309 e. The Hall–Kier alpha value is -7.62. The van der Waals surface area contributed by atoms with Crippen molar-refractivity contribution < 1.29 is 0 Å². The molecule has 282 valence electrons. The lowest BCUT2D eigenvalue weighted by atomic mass is 9.80. The van der Waals surface area contributed by atoms with Gasteiger partial charge < -0.3 is 13.7 Å². The molecule has 3 nitrogen and oxygen atoms in total. The maximum atomic E-state index is 2.52. The molecule has 0 saturated heterocycles. The highest BCUT2D eigenvalue weighted by Crippen LogP contribution is 2.53. The fourth-order valence-electron chi connectivity index (χ4n) is 11.0. The highest BCUT2D eigenvalue weighted by Gasteiger charge is 2.38. The van der Waals surface area contributed by atoms with E-state index < -0.39 is 0 Å². The molecule has 0 unspecified atom stereocenters. The van der Waals surface area contributed by atoms with Crippen LogP contribution < -0.4 is 0 Å². The average molecular weight is 766 g/mol. The summed E-state index contributed by atoms with van der Waals surface area (Å²) in [5, 5.41) is 7.63. The van der Waals surface area contributed by atoms with E-state index >= 15 is 0 Å². The van der Waals surface area contributed by atoms with Crippen molar-refractivity contribution in [3.8, 4) is 39.3 Å². The standard InChI is InChI=1S/C57H39N3/c1-57(2)45-26-12-6-20-37(45)41-32-34-51-53(55(41)57)43-24-10-16-30-49(43)59(51)47-28-14-7-21-38(47)39-22-8-15-29-48(39)60-50-31-17-11-25-44(50)54-52(60)35-33-42-40-23-9-13-27-46(40)58(56(42)54)36-18-4-3-5-19-36/h3-35H,1-2H3. The lowest BCUT2D eigenvalue weighted by Gasteiger charge is -2.23. The van der Waals surface area contributed by atoms with E-state index in [4.69, 9.17) is 0 Å². The van der Waals surface area contributed by atoms with E-state index in [9.17, 15) is 0 Å². The molecule has 0 fully saturated rings. The molecule has 0 atom stereocenters. The normalized spacial score (nSPS) is 13.3. The maximum absolute atomic E-state index is 2.52. The zero-order valence-corrected chi connectivity index (χ0v) is 33.4. The second-order valence-electron chi connectivity index (χ2n) is 16.8. The molecule has 1 aliphatic carbocycles. The van der Waals surface area contributed by atoms with Crippen molar-refractivity contribution in [1.82, 2.24) is 13.7 Å². The van der Waals surface area contributed by atoms with Gasteiger partial charge in [0.1, 0.15) is 0 Å². The van der Waals surface area contributed by atoms with Crippen LogP contribution >= 0.6 is 0 Å². The van der Waals surface area contributed by atoms with Gasteiger partial charge in [0.2, 0.25) is 0 Å². The van der Waals surface area contributed by atoms with Gasteiger partial charge in [0, 0.05) is 54.5 Å². The Morgan fingerprint density at radius 2 is 0.800 bits per heavy atom. The molecule has 0 amide bonds. The van der Waals surface area contributed by atoms with E-state index in [0.717, 1.165) is 17.1 Å². The van der Waals surface area contributed by atoms with E-state index in [1.807, 2.05) is 0 Å². The van der Waals surface area contributed by atoms with Crippen molar-refractivity contribution in [2.75, 3.05) is 0 Å². The second kappa shape index (κ2) is 12.2. The van der Waals surface area contributed by atoms with Crippen LogP contribution in [0, 0.1) is 0 Å². The van der Waals surface area contributed by atoms with Gasteiger partial charge in [-0.15, -0.1) is 0 Å². The first-order valence-electron chi connectivity index (χ1n) is 21.0. The fourth-order valence-corrected chi connectivity index (χ4v) is 11.0. The van der Waals surface area contributed by atoms with Crippen LogP contribution in [0.15, 0.2) is 200 Å². The third-order valence-electron chi connectivity index (χ3n) is 13.4. The van der Waals surface area contributed by atoms with Crippen LogP contribution in [0.3, 0.4) is 0 Å². The molecule has 0 N–H and O–H groups in total. The number of hydrogen-bond donors (Lipinski definition) is 0. The Bertz CT molecular complexity index is 3740. The average Bonchev–Trinajstić information content (AvgIpc) is 4.00. The quantitative estimate of drug-likeness (QED) is 0.169. The van der Waals surface area contributed by atoms with E-state index in [-0.39, 0.29) is 5.41 Å². The fraction of sp³-hybridized carbons (Fsp3) is 0.0526. The van der Waals surface area contributed by atoms with Gasteiger partial charge >= 0.3 is 0 Å². The number of hydrogen-bond acceptors (Lipinski definition) is 0. The molecule has 3 heterocycles. The summed E-state index contributed by atoms with van der Waals surface area (Å²) in [7, 11) is 0. The lowest BCUT2D eigenvalue weighted by Crippen LogP contribution is -2.15. The second-order valence-corrected chi connectivity index (χ2v) is 16.8. The maximum Gasteiger partial charge on any atom is 0.0641 e. The third-order valence-corrected chi connectivity index (χ3v) is 13.4. The van der Waals surface area contributed by atoms with Crippen LogP contribution in [0.1, 0.15) is 25.0 Å². The van der Waals surface area contributed by atoms with Gasteiger partial charge in [-0.25, -0.2) is 0 Å². The molecule has 3 heteroatoms. The van der Waals surface area contributed by atoms with Crippen LogP contribution in [0.25, 0.3) is 105 Å². The van der Waals surface area contributed by atoms with Crippen LogP contribution in [0.5, 0.6) is 0 Å². The minimum absolute atomic E-state index is 0.138. The summed E-state index contributed by atoms with van der Waals surface area (Å²) in [5.41, 5.74) is 18.5. The molecule has 3 aromatic heterocycles. The van der Waals surface area contributed by atoms with Crippen LogP contribution in [-0.4, -0.2) is 13.7 Å². The lowest BCUT2D eigenvalue weighted by molar-refractivity contribution is 0.666. The van der Waals surface area contributed by atoms with Gasteiger partial charge in [0.15, 0.2) is 0 Å². The minimum atomic E-state index is -0.138. The highest BCUT2D eigenvalue weighted by atomic mass is 15.0. The van der Waals surface area contributed by atoms with Crippen LogP contribution in [-0.2, 0) is 5.41 Å². The molecular formula is C57H39N3. The molecule has 9 aromatic carbocycles. The predicted molar refractivity (Wildman–Crippen MR) is 252 cm³/mol. The van der Waals surface area contributed by atoms with E-state index in [1.54, 1.807) is 0 Å². The molecule has 0 radical (unpaired) electrons. The van der Waals surface area contributed by atoms with Gasteiger partial charge in [-0.05, 0) is 76.9 Å². The summed E-state index contributed by atoms with van der Waals surface area (Å²) in [6.07, 6.45) is 0. The van der Waals surface area contributed by atoms with Gasteiger partial charge in [0.05, 0.1) is 44.5 Å². The number of benzene rings is 9. The Balaban J connectivity index is 1.10. The van der Waals surface area contributed by atoms with E-state index in [0.29, 0.717) is 0 Å². The third kappa shape index (κ3) is 4.33. The number of aromatic nitrogens is 3. The number of fused-ring (bicyclic) bond motifs is 14. The molecule has 13 rings (SSSR count). The molecular weight excluding hydrogens is 727 g/mol. The van der Waals surface area contributed by atoms with Crippen molar-refractivity contribution in [3.05, 3.63) is 211 Å². The largest absolute Gasteiger partial charge is 0.309 e. The summed E-state index contributed by atoms with van der Waals surface area (Å²) < 4.78 is 7.48. The number of nitrogens with zero attached hydrogens (tertiary/aromatic N) is 3. The molecule has 12 aromatic rings. The zero-order valence-electron chi connectivity index (χ0n) is 33.4. The molecule has 60 heavy (non-hydrogen) atoms. The van der Waals surface area contributed by atoms with Gasteiger partial charge in [0.25, 0.3) is 0 Å². The summed E-state index contributed by atoms with van der Waals surface area (Å²) in [4.78, 5) is 0. The molecule has 0 saturated carbocycles. The zero-order chi connectivity index (χ0) is 39.7. The first-order chi connectivity index (χ1) is 29.6. The van der Waals surface area contributed by atoms with E-state index in [2.05, 4.69) is 228 Å². The Morgan fingerprint density at radius 1 is 0.317 bits per heavy atom. The number of para-hydroxylation sites is 6. The monoisotopic (exact) mass is 765 g/mol. The van der Waals surface area contributed by atoms with Crippen LogP contribution in [0.4, 0.5) is 0 Å². The van der Waals surface area contributed by atoms with Crippen molar-refractivity contribution in [1.29, 1.82) is 0 Å². The first kappa shape index (κ1) is 33.4. The first-order valence-corrected chi connectivity index (χ1v) is 21.0. The molecule has 1 aliphatic rings. The summed E-state index contributed by atoms with van der Waals surface area (Å²) >= 11 is 0. The molecule has 0 spiro atoms. The Kier molecular flexibility index (Phi) is 6.78. The summed E-state index contributed by atoms with van der Waals surface area (Å²) in [6, 6.07) is 73.9. The van der Waals surface area contributed by atoms with Gasteiger partial charge in [-0.1, -0.05) is 159 Å². The summed E-state index contributed by atoms with van der Waals surface area (Å²) in [6.45, 7) is 4.79. The van der Waals surface area contributed by atoms with E-state index in [1.165, 1.54) is 98.8 Å². The van der Waals surface area contributed by atoms with Gasteiger partial charge in [-0.2, -0.15) is 0 Å². The molecule has 0 bridgehead atoms. The topological polar surface area (TPSA) is 14.8 Å². The van der Waals surface area contributed by atoms with Crippen LogP contribution in [0.2, 0.25) is 0 Å². The van der Waals surface area contributed by atoms with Crippen molar-refractivity contribution in [2.24, 2.45) is 0 Å². The van der Waals surface area contributed by atoms with Crippen molar-refractivity contribution in [2.45, 2.75) is 19.3 Å². The summed E-state index contributed by atoms with van der Waals surface area (Å²) in [5.74, 6) is 0. The van der Waals surface area contributed by atoms with Crippen molar-refractivity contribution >= 4 is 65.4 Å². The Labute approximate surface area is 347 Å². The Morgan fingerprint density at radius 3 is 1.47 bits per heavy atom. The highest BCUT2D eigenvalue weighted by molar-refractivity contribution is 6.26. The smallest absolute Gasteiger partial charge is 0.0641 e. The SMILES string of the molecule is CC1(C)c2ccccc2-c2ccc3c(c21)c1ccccc1n3-c1ccccc1-c1ccccc1-n1c2ccccc2c2c1ccc1c3ccccc3n(-c3ccccc3)c12. The van der Waals surface area contributed by atoms with Gasteiger partial charge in [-0.3, -0.25) is 0 Å². The predicted octanol–water partition coefficient (Wildman–Crippen LogP) is 15.0. The number of rotatable bonds is 4.